The molecule has 1 aliphatic carbocycles. The standard InChI is InChI=1S/C17H29NO3/c1-16(2,3)9-13(19)12-18-14(20)10-17(11-15(18)21)7-5-4-6-8-17/h13,19H,4-12H2,1-3H3. The lowest BCUT2D eigenvalue weighted by atomic mass is 9.67. The van der Waals surface area contributed by atoms with Crippen molar-refractivity contribution in [1.29, 1.82) is 0 Å². The quantitative estimate of drug-likeness (QED) is 0.815. The van der Waals surface area contributed by atoms with Gasteiger partial charge in [0, 0.05) is 12.8 Å². The summed E-state index contributed by atoms with van der Waals surface area (Å²) in [6.07, 6.45) is 6.43. The number of likely N-dealkylation sites (tertiary alicyclic amines) is 1. The van der Waals surface area contributed by atoms with E-state index < -0.39 is 6.10 Å². The van der Waals surface area contributed by atoms with Crippen molar-refractivity contribution in [3.8, 4) is 0 Å². The monoisotopic (exact) mass is 295 g/mol. The highest BCUT2D eigenvalue weighted by Gasteiger charge is 2.44. The van der Waals surface area contributed by atoms with Crippen molar-refractivity contribution >= 4 is 11.8 Å². The lowest BCUT2D eigenvalue weighted by molar-refractivity contribution is -0.156. The molecular formula is C17H29NO3. The van der Waals surface area contributed by atoms with Crippen molar-refractivity contribution in [3.63, 3.8) is 0 Å². The fourth-order valence-electron chi connectivity index (χ4n) is 3.88. The molecule has 1 unspecified atom stereocenters. The summed E-state index contributed by atoms with van der Waals surface area (Å²) in [4.78, 5) is 26.0. The van der Waals surface area contributed by atoms with Crippen molar-refractivity contribution in [1.82, 2.24) is 4.90 Å². The van der Waals surface area contributed by atoms with E-state index in [2.05, 4.69) is 0 Å². The minimum absolute atomic E-state index is 0.00804. The molecule has 2 aliphatic rings. The van der Waals surface area contributed by atoms with Gasteiger partial charge in [-0.25, -0.2) is 0 Å². The number of carbonyl (C=O) groups is 2. The first-order valence-electron chi connectivity index (χ1n) is 8.22. The molecule has 1 aliphatic heterocycles. The predicted octanol–water partition coefficient (Wildman–Crippen LogP) is 2.88. The average Bonchev–Trinajstić information content (AvgIpc) is 2.33. The Morgan fingerprint density at radius 2 is 1.62 bits per heavy atom. The van der Waals surface area contributed by atoms with Gasteiger partial charge < -0.3 is 5.11 Å². The Balaban J connectivity index is 1.97. The van der Waals surface area contributed by atoms with Gasteiger partial charge in [0.2, 0.25) is 11.8 Å². The van der Waals surface area contributed by atoms with Gasteiger partial charge in [-0.2, -0.15) is 0 Å². The molecule has 0 aromatic carbocycles. The van der Waals surface area contributed by atoms with Gasteiger partial charge in [0.25, 0.3) is 0 Å². The van der Waals surface area contributed by atoms with Gasteiger partial charge in [-0.3, -0.25) is 14.5 Å². The molecule has 0 bridgehead atoms. The number of hydrogen-bond acceptors (Lipinski definition) is 3. The van der Waals surface area contributed by atoms with Crippen LogP contribution in [0.3, 0.4) is 0 Å². The maximum Gasteiger partial charge on any atom is 0.229 e. The highest BCUT2D eigenvalue weighted by Crippen LogP contribution is 2.45. The SMILES string of the molecule is CC(C)(C)CC(O)CN1C(=O)CC2(CCCCC2)CC1=O. The van der Waals surface area contributed by atoms with E-state index in [4.69, 9.17) is 0 Å². The minimum atomic E-state index is -0.627. The second-order valence-electron chi connectivity index (χ2n) is 8.23. The van der Waals surface area contributed by atoms with Crippen LogP contribution in [-0.2, 0) is 9.59 Å². The second-order valence-corrected chi connectivity index (χ2v) is 8.23. The molecule has 0 aromatic heterocycles. The third-order valence-corrected chi connectivity index (χ3v) is 4.81. The molecule has 2 fully saturated rings. The highest BCUT2D eigenvalue weighted by atomic mass is 16.3. The van der Waals surface area contributed by atoms with Crippen molar-refractivity contribution < 1.29 is 14.7 Å². The topological polar surface area (TPSA) is 57.6 Å². The Hall–Kier alpha value is -0.900. The van der Waals surface area contributed by atoms with Gasteiger partial charge in [-0.1, -0.05) is 40.0 Å². The van der Waals surface area contributed by atoms with Crippen LogP contribution in [0.1, 0.15) is 72.1 Å². The summed E-state index contributed by atoms with van der Waals surface area (Å²) in [7, 11) is 0. The zero-order valence-electron chi connectivity index (χ0n) is 13.7. The number of piperidine rings is 1. The van der Waals surface area contributed by atoms with Crippen LogP contribution in [0.4, 0.5) is 0 Å². The van der Waals surface area contributed by atoms with Crippen molar-refractivity contribution in [2.75, 3.05) is 6.54 Å². The molecule has 4 nitrogen and oxygen atoms in total. The highest BCUT2D eigenvalue weighted by molar-refractivity contribution is 5.98. The van der Waals surface area contributed by atoms with E-state index in [1.807, 2.05) is 20.8 Å². The lowest BCUT2D eigenvalue weighted by Gasteiger charge is -2.43. The normalized spacial score (nSPS) is 24.5. The van der Waals surface area contributed by atoms with Crippen LogP contribution in [0.25, 0.3) is 0 Å². The molecule has 1 saturated heterocycles. The zero-order valence-corrected chi connectivity index (χ0v) is 13.7. The van der Waals surface area contributed by atoms with Crippen LogP contribution < -0.4 is 0 Å². The first kappa shape index (κ1) is 16.5. The smallest absolute Gasteiger partial charge is 0.229 e. The van der Waals surface area contributed by atoms with E-state index in [-0.39, 0.29) is 29.2 Å². The maximum absolute atomic E-state index is 12.4. The van der Waals surface area contributed by atoms with Crippen LogP contribution in [0, 0.1) is 10.8 Å². The van der Waals surface area contributed by atoms with E-state index in [0.29, 0.717) is 19.3 Å². The second kappa shape index (κ2) is 6.07. The van der Waals surface area contributed by atoms with Crippen molar-refractivity contribution in [3.05, 3.63) is 0 Å². The van der Waals surface area contributed by atoms with Crippen LogP contribution in [0.2, 0.25) is 0 Å². The molecule has 0 aromatic rings. The summed E-state index contributed by atoms with van der Waals surface area (Å²) in [6, 6.07) is 0. The number of hydrogen-bond donors (Lipinski definition) is 1. The van der Waals surface area contributed by atoms with Gasteiger partial charge in [0.15, 0.2) is 0 Å². The summed E-state index contributed by atoms with van der Waals surface area (Å²) < 4.78 is 0. The summed E-state index contributed by atoms with van der Waals surface area (Å²) in [5, 5.41) is 10.1. The van der Waals surface area contributed by atoms with Crippen LogP contribution in [0.15, 0.2) is 0 Å². The van der Waals surface area contributed by atoms with E-state index >= 15 is 0 Å². The molecule has 4 heteroatoms. The Labute approximate surface area is 127 Å². The van der Waals surface area contributed by atoms with Gasteiger partial charge >= 0.3 is 0 Å². The van der Waals surface area contributed by atoms with E-state index in [1.165, 1.54) is 11.3 Å². The van der Waals surface area contributed by atoms with Gasteiger partial charge in [-0.15, -0.1) is 0 Å². The maximum atomic E-state index is 12.4. The molecule has 1 saturated carbocycles. The molecule has 2 amide bonds. The Morgan fingerprint density at radius 3 is 2.10 bits per heavy atom. The molecule has 1 spiro atoms. The molecule has 1 heterocycles. The number of carbonyl (C=O) groups excluding carboxylic acids is 2. The Kier molecular flexibility index (Phi) is 4.76. The van der Waals surface area contributed by atoms with Crippen LogP contribution >= 0.6 is 0 Å². The van der Waals surface area contributed by atoms with Crippen molar-refractivity contribution in [2.24, 2.45) is 10.8 Å². The number of aliphatic hydroxyl groups is 1. The van der Waals surface area contributed by atoms with Crippen molar-refractivity contribution in [2.45, 2.75) is 78.2 Å². The fourth-order valence-corrected chi connectivity index (χ4v) is 3.88. The molecule has 1 atom stereocenters. The predicted molar refractivity (Wildman–Crippen MR) is 81.6 cm³/mol. The third-order valence-electron chi connectivity index (χ3n) is 4.81. The summed E-state index contributed by atoms with van der Waals surface area (Å²) in [5.74, 6) is -0.165. The fraction of sp³-hybridized carbons (Fsp3) is 0.882. The number of imide groups is 1. The number of amides is 2. The van der Waals surface area contributed by atoms with Crippen LogP contribution in [-0.4, -0.2) is 34.5 Å². The number of rotatable bonds is 3. The largest absolute Gasteiger partial charge is 0.391 e. The molecular weight excluding hydrogens is 266 g/mol. The first-order chi connectivity index (χ1) is 9.71. The summed E-state index contributed by atoms with van der Waals surface area (Å²) >= 11 is 0. The van der Waals surface area contributed by atoms with E-state index in [1.54, 1.807) is 0 Å². The summed E-state index contributed by atoms with van der Waals surface area (Å²) in [6.45, 7) is 6.30. The van der Waals surface area contributed by atoms with Gasteiger partial charge in [-0.05, 0) is 30.1 Å². The van der Waals surface area contributed by atoms with E-state index in [0.717, 1.165) is 25.7 Å². The van der Waals surface area contributed by atoms with E-state index in [9.17, 15) is 14.7 Å². The lowest BCUT2D eigenvalue weighted by Crippen LogP contribution is -2.51. The Morgan fingerprint density at radius 1 is 1.10 bits per heavy atom. The molecule has 1 N–H and O–H groups in total. The minimum Gasteiger partial charge on any atom is -0.391 e. The van der Waals surface area contributed by atoms with Crippen LogP contribution in [0.5, 0.6) is 0 Å². The van der Waals surface area contributed by atoms with Gasteiger partial charge in [0.1, 0.15) is 0 Å². The Bertz CT molecular complexity index is 385. The third kappa shape index (κ3) is 4.29. The molecule has 120 valence electrons. The number of nitrogens with zero attached hydrogens (tertiary/aromatic N) is 1. The molecule has 21 heavy (non-hydrogen) atoms. The molecule has 2 rings (SSSR count). The average molecular weight is 295 g/mol. The number of β-amino-alcohol motifs (C(OH)–C–C–N with tert-alkyl or cyclic N) is 1. The number of aliphatic hydroxyl groups excluding tert-OH is 1. The first-order valence-corrected chi connectivity index (χ1v) is 8.22. The summed E-state index contributed by atoms with van der Waals surface area (Å²) in [5.41, 5.74) is -0.0796. The molecule has 0 radical (unpaired) electrons. The van der Waals surface area contributed by atoms with Gasteiger partial charge in [0.05, 0.1) is 12.6 Å². The zero-order chi connectivity index (χ0) is 15.7.